The van der Waals surface area contributed by atoms with E-state index in [9.17, 15) is 9.18 Å². The normalized spacial score (nSPS) is 11.8. The smallest absolute Gasteiger partial charge is 0.280 e. The first kappa shape index (κ1) is 17.2. The summed E-state index contributed by atoms with van der Waals surface area (Å²) in [5.41, 5.74) is 3.83. The van der Waals surface area contributed by atoms with E-state index in [1.807, 2.05) is 26.0 Å². The number of hydrogen-bond acceptors (Lipinski definition) is 2. The Labute approximate surface area is 149 Å². The van der Waals surface area contributed by atoms with Gasteiger partial charge in [-0.15, -0.1) is 0 Å². The molecule has 0 saturated heterocycles. The van der Waals surface area contributed by atoms with Crippen LogP contribution < -0.4 is 5.56 Å². The quantitative estimate of drug-likeness (QED) is 0.678. The van der Waals surface area contributed by atoms with Crippen LogP contribution in [-0.2, 0) is 0 Å². The number of aryl methyl sites for hydroxylation is 2. The number of H-pyrrole nitrogens is 1. The average molecular weight is 358 g/mol. The third kappa shape index (κ3) is 3.42. The molecule has 1 N–H and O–H groups in total. The minimum Gasteiger partial charge on any atom is -0.295 e. The number of nitrogens with zero attached hydrogens (tertiary/aromatic N) is 2. The van der Waals surface area contributed by atoms with Gasteiger partial charge in [-0.2, -0.15) is 0 Å². The molecule has 0 amide bonds. The molecule has 0 bridgehead atoms. The lowest BCUT2D eigenvalue weighted by atomic mass is 10.1. The first-order chi connectivity index (χ1) is 11.9. The van der Waals surface area contributed by atoms with Crippen molar-refractivity contribution >= 4 is 23.0 Å². The highest BCUT2D eigenvalue weighted by Gasteiger charge is 2.15. The fourth-order valence-electron chi connectivity index (χ4n) is 2.73. The van der Waals surface area contributed by atoms with Crippen LogP contribution in [-0.4, -0.2) is 15.5 Å². The molecule has 0 spiro atoms. The topological polar surface area (TPSA) is 50.1 Å². The molecular formula is C19H17ClFN3O. The van der Waals surface area contributed by atoms with Crippen molar-refractivity contribution in [2.45, 2.75) is 20.8 Å². The van der Waals surface area contributed by atoms with E-state index in [-0.39, 0.29) is 11.4 Å². The molecule has 0 saturated carbocycles. The van der Waals surface area contributed by atoms with E-state index < -0.39 is 0 Å². The van der Waals surface area contributed by atoms with Crippen LogP contribution >= 0.6 is 11.6 Å². The molecule has 0 radical (unpaired) electrons. The zero-order valence-corrected chi connectivity index (χ0v) is 14.9. The van der Waals surface area contributed by atoms with Crippen molar-refractivity contribution in [2.24, 2.45) is 4.99 Å². The van der Waals surface area contributed by atoms with Crippen LogP contribution in [0.4, 0.5) is 10.1 Å². The summed E-state index contributed by atoms with van der Waals surface area (Å²) < 4.78 is 14.5. The molecule has 1 heterocycles. The number of hydrogen-bond donors (Lipinski definition) is 1. The molecule has 6 heteroatoms. The van der Waals surface area contributed by atoms with E-state index >= 15 is 0 Å². The van der Waals surface area contributed by atoms with E-state index in [1.165, 1.54) is 16.8 Å². The van der Waals surface area contributed by atoms with Crippen LogP contribution in [0.2, 0.25) is 5.02 Å². The molecule has 2 aromatic carbocycles. The van der Waals surface area contributed by atoms with Crippen LogP contribution in [0.25, 0.3) is 5.69 Å². The Balaban J connectivity index is 2.07. The Morgan fingerprint density at radius 1 is 1.16 bits per heavy atom. The fraction of sp³-hybridized carbons (Fsp3) is 0.158. The van der Waals surface area contributed by atoms with Gasteiger partial charge < -0.3 is 0 Å². The summed E-state index contributed by atoms with van der Waals surface area (Å²) in [6.45, 7) is 5.52. The summed E-state index contributed by atoms with van der Waals surface area (Å²) in [6, 6.07) is 11.1. The number of rotatable bonds is 3. The van der Waals surface area contributed by atoms with Crippen molar-refractivity contribution in [1.29, 1.82) is 0 Å². The molecular weight excluding hydrogens is 341 g/mol. The molecule has 4 nitrogen and oxygen atoms in total. The predicted molar refractivity (Wildman–Crippen MR) is 99.1 cm³/mol. The zero-order chi connectivity index (χ0) is 18.1. The Hall–Kier alpha value is -2.66. The first-order valence-corrected chi connectivity index (χ1v) is 8.14. The average Bonchev–Trinajstić information content (AvgIpc) is 2.85. The van der Waals surface area contributed by atoms with Crippen LogP contribution in [0.5, 0.6) is 0 Å². The summed E-state index contributed by atoms with van der Waals surface area (Å²) in [6.07, 6.45) is 0. The van der Waals surface area contributed by atoms with Gasteiger partial charge in [-0.05, 0) is 68.8 Å². The number of aromatic amines is 1. The maximum atomic E-state index is 13.1. The number of aromatic nitrogens is 2. The number of aliphatic imine (C=N–C) groups is 1. The van der Waals surface area contributed by atoms with Gasteiger partial charge in [0.1, 0.15) is 5.82 Å². The molecule has 0 fully saturated rings. The minimum absolute atomic E-state index is 0.225. The highest BCUT2D eigenvalue weighted by Crippen LogP contribution is 2.23. The SMILES string of the molecule is CC(=Nc1ccc(Cl)cc1C)c1c(C)[nH]n(-c2ccc(F)cc2)c1=O. The molecule has 0 aliphatic carbocycles. The second-order valence-electron chi connectivity index (χ2n) is 5.86. The summed E-state index contributed by atoms with van der Waals surface area (Å²) in [7, 11) is 0. The molecule has 0 aliphatic rings. The van der Waals surface area contributed by atoms with E-state index in [4.69, 9.17) is 11.6 Å². The fourth-order valence-corrected chi connectivity index (χ4v) is 2.95. The van der Waals surface area contributed by atoms with Gasteiger partial charge in [-0.25, -0.2) is 9.07 Å². The first-order valence-electron chi connectivity index (χ1n) is 7.76. The van der Waals surface area contributed by atoms with E-state index in [1.54, 1.807) is 25.1 Å². The van der Waals surface area contributed by atoms with Crippen molar-refractivity contribution in [3.63, 3.8) is 0 Å². The second kappa shape index (κ2) is 6.69. The summed E-state index contributed by atoms with van der Waals surface area (Å²) in [5.74, 6) is -0.351. The summed E-state index contributed by atoms with van der Waals surface area (Å²) in [4.78, 5) is 17.4. The lowest BCUT2D eigenvalue weighted by Gasteiger charge is -2.03. The lowest BCUT2D eigenvalue weighted by molar-refractivity contribution is 0.627. The van der Waals surface area contributed by atoms with Crippen molar-refractivity contribution < 1.29 is 4.39 Å². The van der Waals surface area contributed by atoms with E-state index in [0.29, 0.717) is 27.7 Å². The summed E-state index contributed by atoms with van der Waals surface area (Å²) >= 11 is 5.97. The Morgan fingerprint density at radius 3 is 2.48 bits per heavy atom. The van der Waals surface area contributed by atoms with Crippen molar-refractivity contribution in [3.05, 3.63) is 80.5 Å². The molecule has 0 atom stereocenters. The molecule has 3 rings (SSSR count). The molecule has 1 aromatic heterocycles. The van der Waals surface area contributed by atoms with Gasteiger partial charge in [0.05, 0.1) is 22.6 Å². The molecule has 3 aromatic rings. The van der Waals surface area contributed by atoms with Crippen LogP contribution in [0, 0.1) is 19.7 Å². The molecule has 0 unspecified atom stereocenters. The van der Waals surface area contributed by atoms with Gasteiger partial charge in [0.25, 0.3) is 5.56 Å². The van der Waals surface area contributed by atoms with Crippen LogP contribution in [0.3, 0.4) is 0 Å². The van der Waals surface area contributed by atoms with Gasteiger partial charge in [0.15, 0.2) is 0 Å². The Morgan fingerprint density at radius 2 is 1.84 bits per heavy atom. The number of halogens is 2. The van der Waals surface area contributed by atoms with E-state index in [2.05, 4.69) is 10.1 Å². The van der Waals surface area contributed by atoms with Gasteiger partial charge in [0.2, 0.25) is 0 Å². The highest BCUT2D eigenvalue weighted by molar-refractivity contribution is 6.30. The Kier molecular flexibility index (Phi) is 4.59. The van der Waals surface area contributed by atoms with Gasteiger partial charge in [0, 0.05) is 10.7 Å². The van der Waals surface area contributed by atoms with Gasteiger partial charge in [-0.1, -0.05) is 11.6 Å². The van der Waals surface area contributed by atoms with Crippen molar-refractivity contribution in [1.82, 2.24) is 9.78 Å². The molecule has 25 heavy (non-hydrogen) atoms. The molecule has 0 aliphatic heterocycles. The third-order valence-corrected chi connectivity index (χ3v) is 4.20. The van der Waals surface area contributed by atoms with Crippen LogP contribution in [0.15, 0.2) is 52.3 Å². The highest BCUT2D eigenvalue weighted by atomic mass is 35.5. The zero-order valence-electron chi connectivity index (χ0n) is 14.1. The predicted octanol–water partition coefficient (Wildman–Crippen LogP) is 4.72. The maximum Gasteiger partial charge on any atom is 0.280 e. The van der Waals surface area contributed by atoms with Crippen molar-refractivity contribution in [2.75, 3.05) is 0 Å². The third-order valence-electron chi connectivity index (χ3n) is 3.97. The number of benzene rings is 2. The largest absolute Gasteiger partial charge is 0.295 e. The van der Waals surface area contributed by atoms with E-state index in [0.717, 1.165) is 11.3 Å². The second-order valence-corrected chi connectivity index (χ2v) is 6.29. The molecule has 128 valence electrons. The van der Waals surface area contributed by atoms with Crippen molar-refractivity contribution in [3.8, 4) is 5.69 Å². The maximum absolute atomic E-state index is 13.1. The van der Waals surface area contributed by atoms with Crippen LogP contribution in [0.1, 0.15) is 23.7 Å². The Bertz CT molecular complexity index is 1020. The standard InChI is InChI=1S/C19H17ClFN3O/c1-11-10-14(20)4-9-17(11)22-12(2)18-13(3)23-24(19(18)25)16-7-5-15(21)6-8-16/h4-10,23H,1-3H3. The number of nitrogens with one attached hydrogen (secondary N) is 1. The van der Waals surface area contributed by atoms with Gasteiger partial charge in [-0.3, -0.25) is 14.9 Å². The lowest BCUT2D eigenvalue weighted by Crippen LogP contribution is -2.19. The minimum atomic E-state index is -0.351. The van der Waals surface area contributed by atoms with Gasteiger partial charge >= 0.3 is 0 Å². The monoisotopic (exact) mass is 357 g/mol. The summed E-state index contributed by atoms with van der Waals surface area (Å²) in [5, 5.41) is 3.66.